The number of halogens is 3. The molecule has 7 nitrogen and oxygen atoms in total. The number of amides is 1. The molecule has 0 saturated carbocycles. The number of sulfonamides is 1. The average molecular weight is 409 g/mol. The number of carbonyl (C=O) groups excluding carboxylic acids is 1. The van der Waals surface area contributed by atoms with Gasteiger partial charge in [0, 0.05) is 18.8 Å². The first-order chi connectivity index (χ1) is 12.6. The quantitative estimate of drug-likeness (QED) is 0.685. The minimum absolute atomic E-state index is 0.0352. The van der Waals surface area contributed by atoms with Crippen molar-refractivity contribution in [3.8, 4) is 5.75 Å². The summed E-state index contributed by atoms with van der Waals surface area (Å²) in [5, 5.41) is 4.37. The molecule has 2 rings (SSSR count). The van der Waals surface area contributed by atoms with Crippen LogP contribution in [0.2, 0.25) is 0 Å². The number of benzene rings is 1. The van der Waals surface area contributed by atoms with Crippen LogP contribution in [0.25, 0.3) is 0 Å². The second kappa shape index (κ2) is 8.79. The molecule has 0 aliphatic carbocycles. The monoisotopic (exact) mass is 409 g/mol. The predicted octanol–water partition coefficient (Wildman–Crippen LogP) is 1.96. The lowest BCUT2D eigenvalue weighted by molar-refractivity contribution is -0.137. The lowest BCUT2D eigenvalue weighted by Gasteiger charge is -2.19. The number of hydrogen-bond acceptors (Lipinski definition) is 5. The first kappa shape index (κ1) is 21.3. The van der Waals surface area contributed by atoms with Crippen molar-refractivity contribution < 1.29 is 31.1 Å². The minimum atomic E-state index is -4.49. The molecule has 0 bridgehead atoms. The van der Waals surface area contributed by atoms with Gasteiger partial charge in [-0.25, -0.2) is 8.42 Å². The Morgan fingerprint density at radius 3 is 2.52 bits per heavy atom. The highest BCUT2D eigenvalue weighted by Gasteiger charge is 2.30. The van der Waals surface area contributed by atoms with E-state index in [1.807, 2.05) is 0 Å². The Balaban J connectivity index is 2.13. The van der Waals surface area contributed by atoms with E-state index in [2.05, 4.69) is 5.32 Å². The summed E-state index contributed by atoms with van der Waals surface area (Å²) in [6.45, 7) is 0.994. The minimum Gasteiger partial charge on any atom is -0.492 e. The number of ether oxygens (including phenoxy) is 1. The van der Waals surface area contributed by atoms with Crippen molar-refractivity contribution in [2.24, 2.45) is 0 Å². The molecule has 1 aliphatic heterocycles. The SMILES string of the molecule is CCOc1ccc(NCC(=O)NCC(F)(F)F)cc1S(=O)(=O)N1CCCC1. The summed E-state index contributed by atoms with van der Waals surface area (Å²) in [7, 11) is -3.76. The number of nitrogens with one attached hydrogen (secondary N) is 2. The number of alkyl halides is 3. The fraction of sp³-hybridized carbons (Fsp3) is 0.562. The molecule has 1 fully saturated rings. The normalized spacial score (nSPS) is 15.6. The maximum atomic E-state index is 12.8. The van der Waals surface area contributed by atoms with Gasteiger partial charge in [-0.1, -0.05) is 0 Å². The second-order valence-electron chi connectivity index (χ2n) is 5.95. The van der Waals surface area contributed by atoms with Crippen molar-refractivity contribution in [3.63, 3.8) is 0 Å². The van der Waals surface area contributed by atoms with Gasteiger partial charge in [0.15, 0.2) is 0 Å². The molecule has 1 saturated heterocycles. The molecule has 11 heteroatoms. The highest BCUT2D eigenvalue weighted by molar-refractivity contribution is 7.89. The maximum Gasteiger partial charge on any atom is 0.405 e. The van der Waals surface area contributed by atoms with Gasteiger partial charge in [0.1, 0.15) is 17.2 Å². The van der Waals surface area contributed by atoms with E-state index >= 15 is 0 Å². The molecule has 1 aliphatic rings. The Morgan fingerprint density at radius 1 is 1.26 bits per heavy atom. The Labute approximate surface area is 155 Å². The van der Waals surface area contributed by atoms with Crippen molar-refractivity contribution >= 4 is 21.6 Å². The summed E-state index contributed by atoms with van der Waals surface area (Å²) in [5.74, 6) is -0.665. The average Bonchev–Trinajstić information content (AvgIpc) is 3.14. The van der Waals surface area contributed by atoms with Gasteiger partial charge < -0.3 is 15.4 Å². The fourth-order valence-corrected chi connectivity index (χ4v) is 4.28. The topological polar surface area (TPSA) is 87.7 Å². The molecule has 1 amide bonds. The summed E-state index contributed by atoms with van der Waals surface area (Å²) in [6, 6.07) is 4.29. The molecule has 0 radical (unpaired) electrons. The van der Waals surface area contributed by atoms with E-state index in [0.717, 1.165) is 12.8 Å². The van der Waals surface area contributed by atoms with E-state index in [-0.39, 0.29) is 17.3 Å². The molecule has 2 N–H and O–H groups in total. The number of hydrogen-bond donors (Lipinski definition) is 2. The van der Waals surface area contributed by atoms with Crippen molar-refractivity contribution in [1.29, 1.82) is 0 Å². The van der Waals surface area contributed by atoms with Gasteiger partial charge in [-0.2, -0.15) is 17.5 Å². The second-order valence-corrected chi connectivity index (χ2v) is 7.86. The van der Waals surface area contributed by atoms with Gasteiger partial charge >= 0.3 is 6.18 Å². The molecule has 0 spiro atoms. The zero-order valence-electron chi connectivity index (χ0n) is 14.8. The molecule has 0 atom stereocenters. The van der Waals surface area contributed by atoms with Crippen LogP contribution in [0.15, 0.2) is 23.1 Å². The third kappa shape index (κ3) is 5.99. The van der Waals surface area contributed by atoms with Crippen LogP contribution in [-0.4, -0.2) is 57.6 Å². The number of nitrogens with zero attached hydrogens (tertiary/aromatic N) is 1. The molecule has 1 aromatic carbocycles. The van der Waals surface area contributed by atoms with E-state index in [9.17, 15) is 26.4 Å². The number of carbonyl (C=O) groups is 1. The van der Waals surface area contributed by atoms with Crippen LogP contribution in [0.1, 0.15) is 19.8 Å². The Bertz CT molecular complexity index is 763. The van der Waals surface area contributed by atoms with E-state index in [4.69, 9.17) is 4.74 Å². The van der Waals surface area contributed by atoms with Crippen LogP contribution in [0, 0.1) is 0 Å². The van der Waals surface area contributed by atoms with Crippen molar-refractivity contribution in [2.45, 2.75) is 30.8 Å². The predicted molar refractivity (Wildman–Crippen MR) is 93.2 cm³/mol. The van der Waals surface area contributed by atoms with Gasteiger partial charge in [0.2, 0.25) is 15.9 Å². The first-order valence-corrected chi connectivity index (χ1v) is 9.92. The van der Waals surface area contributed by atoms with Crippen LogP contribution in [0.3, 0.4) is 0 Å². The summed E-state index contributed by atoms with van der Waals surface area (Å²) in [4.78, 5) is 11.5. The van der Waals surface area contributed by atoms with Crippen molar-refractivity contribution in [1.82, 2.24) is 9.62 Å². The van der Waals surface area contributed by atoms with E-state index in [1.54, 1.807) is 12.2 Å². The van der Waals surface area contributed by atoms with Crippen LogP contribution in [0.4, 0.5) is 18.9 Å². The lowest BCUT2D eigenvalue weighted by atomic mass is 10.3. The molecule has 1 aromatic rings. The Kier molecular flexibility index (Phi) is 6.93. The highest BCUT2D eigenvalue weighted by Crippen LogP contribution is 2.31. The van der Waals surface area contributed by atoms with Crippen LogP contribution in [0.5, 0.6) is 5.75 Å². The third-order valence-electron chi connectivity index (χ3n) is 3.87. The first-order valence-electron chi connectivity index (χ1n) is 8.48. The van der Waals surface area contributed by atoms with Gasteiger partial charge in [0.05, 0.1) is 13.2 Å². The maximum absolute atomic E-state index is 12.8. The molecule has 27 heavy (non-hydrogen) atoms. The van der Waals surface area contributed by atoms with Gasteiger partial charge in [-0.15, -0.1) is 0 Å². The standard InChI is InChI=1S/C16H22F3N3O4S/c1-2-26-13-6-5-12(20-10-15(23)21-11-16(17,18)19)9-14(13)27(24,25)22-7-3-4-8-22/h5-6,9,20H,2-4,7-8,10-11H2,1H3,(H,21,23). The highest BCUT2D eigenvalue weighted by atomic mass is 32.2. The summed E-state index contributed by atoms with van der Waals surface area (Å²) in [6.07, 6.45) is -2.94. The van der Waals surface area contributed by atoms with E-state index in [1.165, 1.54) is 22.5 Å². The number of anilines is 1. The van der Waals surface area contributed by atoms with Crippen LogP contribution >= 0.6 is 0 Å². The molecule has 152 valence electrons. The van der Waals surface area contributed by atoms with Crippen molar-refractivity contribution in [2.75, 3.05) is 38.1 Å². The molecule has 0 unspecified atom stereocenters. The summed E-state index contributed by atoms with van der Waals surface area (Å²) >= 11 is 0. The summed E-state index contributed by atoms with van der Waals surface area (Å²) < 4.78 is 68.8. The Hall–Kier alpha value is -2.01. The van der Waals surface area contributed by atoms with Crippen LogP contribution in [-0.2, 0) is 14.8 Å². The molecular weight excluding hydrogens is 387 g/mol. The third-order valence-corrected chi connectivity index (χ3v) is 5.79. The largest absolute Gasteiger partial charge is 0.492 e. The Morgan fingerprint density at radius 2 is 1.93 bits per heavy atom. The van der Waals surface area contributed by atoms with Crippen LogP contribution < -0.4 is 15.4 Å². The lowest BCUT2D eigenvalue weighted by Crippen LogP contribution is -2.37. The smallest absolute Gasteiger partial charge is 0.405 e. The molecular formula is C16H22F3N3O4S. The van der Waals surface area contributed by atoms with Gasteiger partial charge in [0.25, 0.3) is 0 Å². The number of rotatable bonds is 8. The zero-order chi connectivity index (χ0) is 20.1. The van der Waals surface area contributed by atoms with E-state index < -0.39 is 35.2 Å². The van der Waals surface area contributed by atoms with E-state index in [0.29, 0.717) is 18.8 Å². The van der Waals surface area contributed by atoms with Crippen molar-refractivity contribution in [3.05, 3.63) is 18.2 Å². The fourth-order valence-electron chi connectivity index (χ4n) is 2.61. The van der Waals surface area contributed by atoms with Gasteiger partial charge in [-0.05, 0) is 38.0 Å². The zero-order valence-corrected chi connectivity index (χ0v) is 15.6. The molecule has 0 aromatic heterocycles. The van der Waals surface area contributed by atoms with Gasteiger partial charge in [-0.3, -0.25) is 4.79 Å². The molecule has 1 heterocycles. The summed E-state index contributed by atoms with van der Waals surface area (Å²) in [5.41, 5.74) is 0.290.